The Kier molecular flexibility index (Phi) is 4.90. The highest BCUT2D eigenvalue weighted by atomic mass is 19.1. The number of nitrogens with zero attached hydrogens (tertiary/aromatic N) is 2. The van der Waals surface area contributed by atoms with Gasteiger partial charge in [0.05, 0.1) is 5.69 Å². The van der Waals surface area contributed by atoms with Gasteiger partial charge in [0.1, 0.15) is 5.82 Å². The molecule has 0 aliphatic carbocycles. The predicted octanol–water partition coefficient (Wildman–Crippen LogP) is 3.52. The number of rotatable bonds is 6. The van der Waals surface area contributed by atoms with Gasteiger partial charge in [-0.3, -0.25) is 4.68 Å². The lowest BCUT2D eigenvalue weighted by atomic mass is 10.0. The van der Waals surface area contributed by atoms with Crippen LogP contribution in [-0.4, -0.2) is 16.3 Å². The summed E-state index contributed by atoms with van der Waals surface area (Å²) in [6, 6.07) is 5.43. The van der Waals surface area contributed by atoms with Crippen molar-refractivity contribution in [3.05, 3.63) is 41.5 Å². The van der Waals surface area contributed by atoms with Gasteiger partial charge in [-0.2, -0.15) is 5.10 Å². The lowest BCUT2D eigenvalue weighted by molar-refractivity contribution is 0.598. The van der Waals surface area contributed by atoms with Crippen molar-refractivity contribution >= 4 is 0 Å². The molecule has 3 nitrogen and oxygen atoms in total. The Hall–Kier alpha value is -1.68. The second kappa shape index (κ2) is 6.66. The zero-order valence-electron chi connectivity index (χ0n) is 12.4. The summed E-state index contributed by atoms with van der Waals surface area (Å²) < 4.78 is 16.2. The van der Waals surface area contributed by atoms with Gasteiger partial charge in [0.25, 0.3) is 0 Å². The van der Waals surface area contributed by atoms with Crippen LogP contribution in [0.2, 0.25) is 0 Å². The van der Waals surface area contributed by atoms with Crippen molar-refractivity contribution in [2.45, 2.75) is 40.3 Å². The quantitative estimate of drug-likeness (QED) is 0.874. The first-order valence-corrected chi connectivity index (χ1v) is 7.19. The summed E-state index contributed by atoms with van der Waals surface area (Å²) in [7, 11) is 0. The molecule has 0 bridgehead atoms. The number of aryl methyl sites for hydroxylation is 2. The monoisotopic (exact) mass is 275 g/mol. The standard InChI is InChI=1S/C16H22FN3/c1-4-8-20-11-15(12(3)19-20)14-7-6-13(9-16(14)17)10-18-5-2/h6-7,9,11,18H,4-5,8,10H2,1-3H3. The summed E-state index contributed by atoms with van der Waals surface area (Å²) in [6.45, 7) is 8.51. The third-order valence-corrected chi connectivity index (χ3v) is 3.30. The van der Waals surface area contributed by atoms with Gasteiger partial charge in [-0.1, -0.05) is 26.0 Å². The molecule has 0 saturated carbocycles. The lowest BCUT2D eigenvalue weighted by Gasteiger charge is -2.06. The SMILES string of the molecule is CCCn1cc(-c2ccc(CNCC)cc2F)c(C)n1. The van der Waals surface area contributed by atoms with Crippen LogP contribution in [0.15, 0.2) is 24.4 Å². The van der Waals surface area contributed by atoms with E-state index in [1.807, 2.05) is 36.9 Å². The Morgan fingerprint density at radius 1 is 1.25 bits per heavy atom. The number of nitrogens with one attached hydrogen (secondary N) is 1. The number of benzene rings is 1. The van der Waals surface area contributed by atoms with Crippen molar-refractivity contribution in [2.24, 2.45) is 0 Å². The van der Waals surface area contributed by atoms with Crippen molar-refractivity contribution in [1.82, 2.24) is 15.1 Å². The predicted molar refractivity (Wildman–Crippen MR) is 80.0 cm³/mol. The molecule has 0 radical (unpaired) electrons. The third kappa shape index (κ3) is 3.25. The van der Waals surface area contributed by atoms with E-state index in [0.717, 1.165) is 36.3 Å². The molecule has 2 aromatic rings. The fourth-order valence-electron chi connectivity index (χ4n) is 2.28. The van der Waals surface area contributed by atoms with Gasteiger partial charge in [0.15, 0.2) is 0 Å². The number of hydrogen-bond acceptors (Lipinski definition) is 2. The summed E-state index contributed by atoms with van der Waals surface area (Å²) in [5.41, 5.74) is 3.35. The van der Waals surface area contributed by atoms with E-state index in [4.69, 9.17) is 0 Å². The average molecular weight is 275 g/mol. The largest absolute Gasteiger partial charge is 0.313 e. The molecule has 1 heterocycles. The highest BCUT2D eigenvalue weighted by Crippen LogP contribution is 2.26. The number of hydrogen-bond donors (Lipinski definition) is 1. The zero-order chi connectivity index (χ0) is 14.5. The second-order valence-electron chi connectivity index (χ2n) is 4.99. The van der Waals surface area contributed by atoms with E-state index >= 15 is 0 Å². The van der Waals surface area contributed by atoms with E-state index in [1.165, 1.54) is 0 Å². The van der Waals surface area contributed by atoms with Gasteiger partial charge in [0.2, 0.25) is 0 Å². The Bertz CT molecular complexity index is 575. The van der Waals surface area contributed by atoms with Crippen LogP contribution < -0.4 is 5.32 Å². The van der Waals surface area contributed by atoms with Gasteiger partial charge >= 0.3 is 0 Å². The Balaban J connectivity index is 2.28. The summed E-state index contributed by atoms with van der Waals surface area (Å²) in [5.74, 6) is -0.181. The first-order chi connectivity index (χ1) is 9.65. The summed E-state index contributed by atoms with van der Waals surface area (Å²) >= 11 is 0. The molecule has 0 unspecified atom stereocenters. The van der Waals surface area contributed by atoms with Crippen LogP contribution >= 0.6 is 0 Å². The van der Waals surface area contributed by atoms with Gasteiger partial charge in [-0.05, 0) is 31.5 Å². The fraction of sp³-hybridized carbons (Fsp3) is 0.438. The van der Waals surface area contributed by atoms with E-state index in [0.29, 0.717) is 12.1 Å². The molecule has 2 rings (SSSR count). The molecular weight excluding hydrogens is 253 g/mol. The molecule has 0 aliphatic rings. The minimum Gasteiger partial charge on any atom is -0.313 e. The van der Waals surface area contributed by atoms with Gasteiger partial charge in [0, 0.05) is 30.4 Å². The van der Waals surface area contributed by atoms with Crippen LogP contribution in [0.1, 0.15) is 31.5 Å². The minimum absolute atomic E-state index is 0.181. The first kappa shape index (κ1) is 14.7. The van der Waals surface area contributed by atoms with Gasteiger partial charge in [-0.15, -0.1) is 0 Å². The second-order valence-corrected chi connectivity index (χ2v) is 4.99. The Labute approximate surface area is 119 Å². The summed E-state index contributed by atoms with van der Waals surface area (Å²) in [4.78, 5) is 0. The topological polar surface area (TPSA) is 29.9 Å². The first-order valence-electron chi connectivity index (χ1n) is 7.19. The number of aromatic nitrogens is 2. The van der Waals surface area contributed by atoms with Crippen LogP contribution in [0.4, 0.5) is 4.39 Å². The molecule has 20 heavy (non-hydrogen) atoms. The van der Waals surface area contributed by atoms with Crippen molar-refractivity contribution in [1.29, 1.82) is 0 Å². The molecule has 0 spiro atoms. The van der Waals surface area contributed by atoms with Crippen molar-refractivity contribution in [3.8, 4) is 11.1 Å². The fourth-order valence-corrected chi connectivity index (χ4v) is 2.28. The highest BCUT2D eigenvalue weighted by Gasteiger charge is 2.12. The maximum Gasteiger partial charge on any atom is 0.131 e. The molecule has 0 atom stereocenters. The Morgan fingerprint density at radius 3 is 2.70 bits per heavy atom. The molecule has 108 valence electrons. The molecule has 0 fully saturated rings. The zero-order valence-corrected chi connectivity index (χ0v) is 12.4. The van der Waals surface area contributed by atoms with Crippen molar-refractivity contribution in [2.75, 3.05) is 6.54 Å². The lowest BCUT2D eigenvalue weighted by Crippen LogP contribution is -2.11. The molecule has 1 aromatic heterocycles. The minimum atomic E-state index is -0.181. The van der Waals surface area contributed by atoms with E-state index < -0.39 is 0 Å². The Morgan fingerprint density at radius 2 is 2.05 bits per heavy atom. The van der Waals surface area contributed by atoms with Crippen LogP contribution in [0, 0.1) is 12.7 Å². The van der Waals surface area contributed by atoms with Crippen LogP contribution in [0.3, 0.4) is 0 Å². The summed E-state index contributed by atoms with van der Waals surface area (Å²) in [5, 5.41) is 7.63. The molecule has 0 saturated heterocycles. The van der Waals surface area contributed by atoms with Crippen LogP contribution in [0.5, 0.6) is 0 Å². The van der Waals surface area contributed by atoms with Crippen molar-refractivity contribution in [3.63, 3.8) is 0 Å². The van der Waals surface area contributed by atoms with E-state index in [2.05, 4.69) is 17.3 Å². The smallest absolute Gasteiger partial charge is 0.131 e. The molecular formula is C16H22FN3. The van der Waals surface area contributed by atoms with E-state index in [1.54, 1.807) is 6.07 Å². The molecule has 0 aliphatic heterocycles. The van der Waals surface area contributed by atoms with Gasteiger partial charge in [-0.25, -0.2) is 4.39 Å². The van der Waals surface area contributed by atoms with Crippen LogP contribution in [-0.2, 0) is 13.1 Å². The average Bonchev–Trinajstić information content (AvgIpc) is 2.78. The van der Waals surface area contributed by atoms with Gasteiger partial charge < -0.3 is 5.32 Å². The maximum absolute atomic E-state index is 14.3. The molecule has 4 heteroatoms. The molecule has 1 N–H and O–H groups in total. The highest BCUT2D eigenvalue weighted by molar-refractivity contribution is 5.66. The molecule has 1 aromatic carbocycles. The maximum atomic E-state index is 14.3. The van der Waals surface area contributed by atoms with E-state index in [-0.39, 0.29) is 5.82 Å². The summed E-state index contributed by atoms with van der Waals surface area (Å²) in [6.07, 6.45) is 2.95. The normalized spacial score (nSPS) is 11.0. The third-order valence-electron chi connectivity index (χ3n) is 3.30. The number of halogens is 1. The molecule has 0 amide bonds. The van der Waals surface area contributed by atoms with Crippen molar-refractivity contribution < 1.29 is 4.39 Å². The van der Waals surface area contributed by atoms with Crippen LogP contribution in [0.25, 0.3) is 11.1 Å². The van der Waals surface area contributed by atoms with E-state index in [9.17, 15) is 4.39 Å².